The first kappa shape index (κ1) is 29.0. The Morgan fingerprint density at radius 3 is 2.60 bits per heavy atom. The number of carbonyl (C=O) groups excluding carboxylic acids is 2. The molecule has 35 heavy (non-hydrogen) atoms. The Balaban J connectivity index is 1.73. The summed E-state index contributed by atoms with van der Waals surface area (Å²) < 4.78 is 5.31. The van der Waals surface area contributed by atoms with Crippen LogP contribution in [0, 0.1) is 17.8 Å². The zero-order valence-corrected chi connectivity index (χ0v) is 21.8. The van der Waals surface area contributed by atoms with E-state index in [0.717, 1.165) is 12.8 Å². The van der Waals surface area contributed by atoms with Gasteiger partial charge in [0.2, 0.25) is 5.91 Å². The molecular weight excluding hydrogens is 442 g/mol. The van der Waals surface area contributed by atoms with E-state index in [2.05, 4.69) is 52.1 Å². The smallest absolute Gasteiger partial charge is 0.244 e. The van der Waals surface area contributed by atoms with Gasteiger partial charge in [-0.25, -0.2) is 0 Å². The fraction of sp³-hybridized carbons (Fsp3) is 0.586. The van der Waals surface area contributed by atoms with E-state index in [9.17, 15) is 19.8 Å². The summed E-state index contributed by atoms with van der Waals surface area (Å²) in [6, 6.07) is -0.757. The van der Waals surface area contributed by atoms with Crippen LogP contribution in [0.1, 0.15) is 60.3 Å². The monoisotopic (exact) mass is 485 g/mol. The highest BCUT2D eigenvalue weighted by atomic mass is 16.6. The maximum absolute atomic E-state index is 12.2. The van der Waals surface area contributed by atoms with E-state index in [4.69, 9.17) is 4.74 Å². The number of aliphatic hydroxyl groups is 2. The van der Waals surface area contributed by atoms with Crippen LogP contribution in [0.15, 0.2) is 60.3 Å². The van der Waals surface area contributed by atoms with Crippen LogP contribution in [-0.2, 0) is 14.3 Å². The quantitative estimate of drug-likeness (QED) is 0.148. The molecule has 2 aliphatic rings. The third-order valence-electron chi connectivity index (χ3n) is 6.66. The summed E-state index contributed by atoms with van der Waals surface area (Å²) in [5, 5.41) is 22.9. The molecule has 1 amide bonds. The minimum Gasteiger partial charge on any atom is -0.394 e. The van der Waals surface area contributed by atoms with Gasteiger partial charge in [-0.15, -0.1) is 0 Å². The number of ketones is 1. The molecule has 6 heteroatoms. The molecule has 0 saturated carbocycles. The molecule has 1 aliphatic heterocycles. The maximum atomic E-state index is 12.2. The Labute approximate surface area is 210 Å². The third kappa shape index (κ3) is 9.36. The molecule has 1 heterocycles. The number of ether oxygens (including phenoxy) is 1. The van der Waals surface area contributed by atoms with Crippen molar-refractivity contribution in [1.29, 1.82) is 0 Å². The summed E-state index contributed by atoms with van der Waals surface area (Å²) in [6.07, 6.45) is 18.5. The first-order valence-electron chi connectivity index (χ1n) is 12.8. The van der Waals surface area contributed by atoms with Gasteiger partial charge in [-0.1, -0.05) is 76.1 Å². The molecule has 1 fully saturated rings. The van der Waals surface area contributed by atoms with Gasteiger partial charge in [-0.2, -0.15) is 0 Å². The second-order valence-electron chi connectivity index (χ2n) is 10.3. The molecule has 0 unspecified atom stereocenters. The van der Waals surface area contributed by atoms with Crippen molar-refractivity contribution >= 4 is 11.7 Å². The average Bonchev–Trinajstić information content (AvgIpc) is 3.59. The summed E-state index contributed by atoms with van der Waals surface area (Å²) in [6.45, 7) is 10.8. The van der Waals surface area contributed by atoms with Crippen LogP contribution in [0.25, 0.3) is 0 Å². The predicted molar refractivity (Wildman–Crippen MR) is 140 cm³/mol. The lowest BCUT2D eigenvalue weighted by Gasteiger charge is -2.29. The highest BCUT2D eigenvalue weighted by Crippen LogP contribution is 2.40. The van der Waals surface area contributed by atoms with E-state index in [1.165, 1.54) is 24.1 Å². The first-order valence-corrected chi connectivity index (χ1v) is 12.8. The van der Waals surface area contributed by atoms with Gasteiger partial charge in [-0.3, -0.25) is 9.59 Å². The Morgan fingerprint density at radius 1 is 1.20 bits per heavy atom. The first-order chi connectivity index (χ1) is 16.6. The lowest BCUT2D eigenvalue weighted by Crippen LogP contribution is -2.52. The summed E-state index contributed by atoms with van der Waals surface area (Å²) >= 11 is 0. The van der Waals surface area contributed by atoms with Crippen LogP contribution in [0.4, 0.5) is 0 Å². The van der Waals surface area contributed by atoms with Gasteiger partial charge in [-0.05, 0) is 49.7 Å². The van der Waals surface area contributed by atoms with Crippen LogP contribution in [0.5, 0.6) is 0 Å². The maximum Gasteiger partial charge on any atom is 0.244 e. The number of carbonyl (C=O) groups is 2. The summed E-state index contributed by atoms with van der Waals surface area (Å²) in [5.41, 5.74) is -0.248. The number of hydrogen-bond donors (Lipinski definition) is 3. The average molecular weight is 486 g/mol. The largest absolute Gasteiger partial charge is 0.394 e. The second-order valence-corrected chi connectivity index (χ2v) is 10.3. The topological polar surface area (TPSA) is 99.2 Å². The molecule has 0 bridgehead atoms. The van der Waals surface area contributed by atoms with Crippen molar-refractivity contribution in [2.75, 3.05) is 6.61 Å². The number of rotatable bonds is 14. The van der Waals surface area contributed by atoms with Crippen molar-refractivity contribution in [3.05, 3.63) is 60.3 Å². The van der Waals surface area contributed by atoms with Crippen molar-refractivity contribution in [1.82, 2.24) is 5.32 Å². The van der Waals surface area contributed by atoms with Crippen molar-refractivity contribution in [2.24, 2.45) is 17.8 Å². The zero-order chi connectivity index (χ0) is 26.0. The van der Waals surface area contributed by atoms with Gasteiger partial charge in [0.15, 0.2) is 11.4 Å². The Bertz CT molecular complexity index is 870. The number of epoxide rings is 1. The molecule has 1 aliphatic carbocycles. The van der Waals surface area contributed by atoms with Gasteiger partial charge >= 0.3 is 0 Å². The summed E-state index contributed by atoms with van der Waals surface area (Å²) in [5.74, 6) is 0.852. The third-order valence-corrected chi connectivity index (χ3v) is 6.66. The van der Waals surface area contributed by atoms with E-state index in [1.54, 1.807) is 18.2 Å². The molecular formula is C29H43NO5. The minimum atomic E-state index is -1.72. The van der Waals surface area contributed by atoms with Crippen LogP contribution in [0.2, 0.25) is 0 Å². The fourth-order valence-electron chi connectivity index (χ4n) is 4.67. The number of amides is 1. The Morgan fingerprint density at radius 2 is 1.91 bits per heavy atom. The van der Waals surface area contributed by atoms with Crippen molar-refractivity contribution in [3.8, 4) is 0 Å². The molecule has 0 spiro atoms. The number of allylic oxidation sites excluding steroid dienone is 7. The van der Waals surface area contributed by atoms with Gasteiger partial charge in [0.05, 0.1) is 12.6 Å². The van der Waals surface area contributed by atoms with Gasteiger partial charge in [0.25, 0.3) is 0 Å². The zero-order valence-electron chi connectivity index (χ0n) is 21.8. The van der Waals surface area contributed by atoms with Crippen molar-refractivity contribution in [2.45, 2.75) is 84.2 Å². The van der Waals surface area contributed by atoms with Crippen molar-refractivity contribution in [3.63, 3.8) is 0 Å². The molecule has 194 valence electrons. The predicted octanol–water partition coefficient (Wildman–Crippen LogP) is 4.20. The molecule has 0 aromatic heterocycles. The molecule has 0 radical (unpaired) electrons. The highest BCUT2D eigenvalue weighted by molar-refractivity contribution is 5.99. The molecule has 0 aromatic rings. The van der Waals surface area contributed by atoms with E-state index >= 15 is 0 Å². The van der Waals surface area contributed by atoms with Gasteiger partial charge < -0.3 is 20.3 Å². The summed E-state index contributed by atoms with van der Waals surface area (Å²) in [7, 11) is 0. The Kier molecular flexibility index (Phi) is 11.3. The SMILES string of the molecule is CC[C@@H](C)/C=C(\C)C[C@@H](C)C[C@@H](C)/C=C/C=C/C=C/C(=O)N[C@H](CO)C[C@@]1(O)C(=O)C=C[C@H]2O[C@H]21. The number of fused-ring (bicyclic) bond motifs is 1. The minimum absolute atomic E-state index is 0.102. The lowest BCUT2D eigenvalue weighted by atomic mass is 9.82. The number of nitrogens with one attached hydrogen (secondary N) is 1. The molecule has 6 nitrogen and oxygen atoms in total. The molecule has 7 atom stereocenters. The summed E-state index contributed by atoms with van der Waals surface area (Å²) in [4.78, 5) is 24.3. The molecule has 3 N–H and O–H groups in total. The van der Waals surface area contributed by atoms with Gasteiger partial charge in [0, 0.05) is 12.5 Å². The second kappa shape index (κ2) is 13.7. The van der Waals surface area contributed by atoms with Crippen LogP contribution >= 0.6 is 0 Å². The number of hydrogen-bond acceptors (Lipinski definition) is 5. The molecule has 1 saturated heterocycles. The molecule has 2 rings (SSSR count). The van der Waals surface area contributed by atoms with Crippen LogP contribution < -0.4 is 5.32 Å². The standard InChI is InChI=1S/C29H43NO5/c1-6-20(2)15-22(4)17-23(5)16-21(3)11-9-7-8-10-12-27(33)30-24(19-31)18-29(34)26(32)14-13-25-28(29)35-25/h7-15,20-21,23-25,28,31,34H,6,16-19H2,1-5H3,(H,30,33)/b8-7+,11-9+,12-10+,22-15+/t20-,21+,23+,24+,25-,28-,29-/m1/s1. The van der Waals surface area contributed by atoms with Crippen molar-refractivity contribution < 1.29 is 24.5 Å². The highest BCUT2D eigenvalue weighted by Gasteiger charge is 2.59. The van der Waals surface area contributed by atoms with E-state index in [0.29, 0.717) is 17.8 Å². The van der Waals surface area contributed by atoms with E-state index < -0.39 is 36.0 Å². The van der Waals surface area contributed by atoms with E-state index in [-0.39, 0.29) is 12.5 Å². The Hall–Kier alpha value is -2.28. The van der Waals surface area contributed by atoms with Gasteiger partial charge in [0.1, 0.15) is 12.2 Å². The lowest BCUT2D eigenvalue weighted by molar-refractivity contribution is -0.137. The number of aliphatic hydroxyl groups excluding tert-OH is 1. The van der Waals surface area contributed by atoms with Crippen LogP contribution in [-0.4, -0.2) is 52.4 Å². The molecule has 0 aromatic carbocycles. The fourth-order valence-corrected chi connectivity index (χ4v) is 4.67. The van der Waals surface area contributed by atoms with E-state index in [1.807, 2.05) is 12.2 Å². The van der Waals surface area contributed by atoms with Crippen LogP contribution in [0.3, 0.4) is 0 Å². The normalized spacial score (nSPS) is 27.9.